The summed E-state index contributed by atoms with van der Waals surface area (Å²) < 4.78 is 0. The molecule has 0 bridgehead atoms. The molecule has 0 aliphatic carbocycles. The molecule has 3 rings (SSSR count). The first-order valence-corrected chi connectivity index (χ1v) is 9.32. The van der Waals surface area contributed by atoms with Gasteiger partial charge < -0.3 is 10.6 Å². The van der Waals surface area contributed by atoms with E-state index in [0.717, 1.165) is 11.3 Å². The number of halogens is 1. The molecule has 0 radical (unpaired) electrons. The van der Waals surface area contributed by atoms with Gasteiger partial charge in [0.15, 0.2) is 5.13 Å². The normalized spacial score (nSPS) is 10.3. The lowest BCUT2D eigenvalue weighted by Crippen LogP contribution is -2.36. The van der Waals surface area contributed by atoms with Crippen molar-refractivity contribution < 1.29 is 9.59 Å². The molecule has 3 amide bonds. The second-order valence-electron chi connectivity index (χ2n) is 5.42. The van der Waals surface area contributed by atoms with E-state index < -0.39 is 0 Å². The highest BCUT2D eigenvalue weighted by atomic mass is 35.5. The van der Waals surface area contributed by atoms with E-state index in [2.05, 4.69) is 25.9 Å². The number of urea groups is 1. The molecule has 0 unspecified atom stereocenters. The maximum atomic E-state index is 11.9. The fraction of sp³-hybridized carbons (Fsp3) is 0.111. The molecule has 3 aromatic rings. The van der Waals surface area contributed by atoms with Gasteiger partial charge in [-0.25, -0.2) is 9.78 Å². The van der Waals surface area contributed by atoms with Gasteiger partial charge in [0.05, 0.1) is 5.69 Å². The summed E-state index contributed by atoms with van der Waals surface area (Å²) in [6.45, 7) is 0.583. The molecule has 2 heterocycles. The van der Waals surface area contributed by atoms with Crippen LogP contribution >= 0.6 is 22.9 Å². The van der Waals surface area contributed by atoms with Crippen LogP contribution in [0.3, 0.4) is 0 Å². The first-order chi connectivity index (χ1) is 13.1. The zero-order valence-corrected chi connectivity index (χ0v) is 15.7. The minimum absolute atomic E-state index is 0.227. The molecule has 1 aromatic carbocycles. The van der Waals surface area contributed by atoms with Crippen molar-refractivity contribution in [2.24, 2.45) is 0 Å². The summed E-state index contributed by atoms with van der Waals surface area (Å²) >= 11 is 7.11. The second kappa shape index (κ2) is 9.11. The average molecular weight is 402 g/mol. The molecule has 0 spiro atoms. The monoisotopic (exact) mass is 401 g/mol. The van der Waals surface area contributed by atoms with E-state index in [9.17, 15) is 9.59 Å². The SMILES string of the molecule is O=C(NCCNC(=O)c1ccc(Cl)cc1)Nc1nc(-c2cccnc2)cs1. The van der Waals surface area contributed by atoms with Crippen molar-refractivity contribution >= 4 is 40.0 Å². The Morgan fingerprint density at radius 1 is 1.07 bits per heavy atom. The standard InChI is InChI=1S/C18H16ClN5O2S/c19-14-5-3-12(4-6-14)16(25)21-8-9-22-17(26)24-18-23-15(11-27-18)13-2-1-7-20-10-13/h1-7,10-11H,8-9H2,(H,21,25)(H2,22,23,24,26). The Kier molecular flexibility index (Phi) is 6.35. The lowest BCUT2D eigenvalue weighted by molar-refractivity contribution is 0.0954. The van der Waals surface area contributed by atoms with Gasteiger partial charge in [0, 0.05) is 47.0 Å². The van der Waals surface area contributed by atoms with Gasteiger partial charge in [-0.15, -0.1) is 11.3 Å². The van der Waals surface area contributed by atoms with Crippen molar-refractivity contribution in [1.29, 1.82) is 0 Å². The molecule has 0 saturated heterocycles. The molecule has 0 atom stereocenters. The van der Waals surface area contributed by atoms with Gasteiger partial charge >= 0.3 is 6.03 Å². The first-order valence-electron chi connectivity index (χ1n) is 8.06. The number of thiazole rings is 1. The maximum absolute atomic E-state index is 11.9. The zero-order chi connectivity index (χ0) is 19.1. The lowest BCUT2D eigenvalue weighted by Gasteiger charge is -2.07. The van der Waals surface area contributed by atoms with Gasteiger partial charge in [0.2, 0.25) is 0 Å². The Morgan fingerprint density at radius 2 is 1.85 bits per heavy atom. The Morgan fingerprint density at radius 3 is 2.59 bits per heavy atom. The van der Waals surface area contributed by atoms with Gasteiger partial charge in [-0.05, 0) is 36.4 Å². The number of anilines is 1. The van der Waals surface area contributed by atoms with Crippen LogP contribution in [-0.4, -0.2) is 35.0 Å². The third-order valence-corrected chi connectivity index (χ3v) is 4.49. The van der Waals surface area contributed by atoms with Crippen molar-refractivity contribution in [1.82, 2.24) is 20.6 Å². The first kappa shape index (κ1) is 18.8. The van der Waals surface area contributed by atoms with E-state index in [1.54, 1.807) is 36.7 Å². The summed E-state index contributed by atoms with van der Waals surface area (Å²) in [5.41, 5.74) is 2.14. The largest absolute Gasteiger partial charge is 0.350 e. The number of rotatable bonds is 6. The van der Waals surface area contributed by atoms with Gasteiger partial charge in [-0.2, -0.15) is 0 Å². The number of pyridine rings is 1. The molecule has 0 aliphatic heterocycles. The van der Waals surface area contributed by atoms with Crippen LogP contribution in [0.5, 0.6) is 0 Å². The van der Waals surface area contributed by atoms with Crippen LogP contribution in [0.4, 0.5) is 9.93 Å². The van der Waals surface area contributed by atoms with E-state index in [1.807, 2.05) is 17.5 Å². The molecule has 9 heteroatoms. The number of hydrogen-bond donors (Lipinski definition) is 3. The van der Waals surface area contributed by atoms with Crippen molar-refractivity contribution in [3.8, 4) is 11.3 Å². The number of aromatic nitrogens is 2. The summed E-state index contributed by atoms with van der Waals surface area (Å²) in [7, 11) is 0. The van der Waals surface area contributed by atoms with Gasteiger partial charge in [0.1, 0.15) is 0 Å². The van der Waals surface area contributed by atoms with Crippen LogP contribution in [0.2, 0.25) is 5.02 Å². The van der Waals surface area contributed by atoms with E-state index in [4.69, 9.17) is 11.6 Å². The highest BCUT2D eigenvalue weighted by Gasteiger charge is 2.08. The molecule has 138 valence electrons. The maximum Gasteiger partial charge on any atom is 0.321 e. The van der Waals surface area contributed by atoms with E-state index in [1.165, 1.54) is 11.3 Å². The summed E-state index contributed by atoms with van der Waals surface area (Å²) in [6, 6.07) is 9.91. The van der Waals surface area contributed by atoms with Gasteiger partial charge in [0.25, 0.3) is 5.91 Å². The Balaban J connectivity index is 1.40. The van der Waals surface area contributed by atoms with Crippen LogP contribution in [0.25, 0.3) is 11.3 Å². The van der Waals surface area contributed by atoms with Crippen LogP contribution in [0, 0.1) is 0 Å². The van der Waals surface area contributed by atoms with Gasteiger partial charge in [-0.3, -0.25) is 15.1 Å². The molecule has 0 saturated carbocycles. The number of amides is 3. The highest BCUT2D eigenvalue weighted by Crippen LogP contribution is 2.23. The smallest absolute Gasteiger partial charge is 0.321 e. The third kappa shape index (κ3) is 5.50. The third-order valence-electron chi connectivity index (χ3n) is 3.48. The molecule has 7 nitrogen and oxygen atoms in total. The van der Waals surface area contributed by atoms with Crippen LogP contribution in [-0.2, 0) is 0 Å². The molecular formula is C18H16ClN5O2S. The van der Waals surface area contributed by atoms with Crippen LogP contribution in [0.1, 0.15) is 10.4 Å². The fourth-order valence-electron chi connectivity index (χ4n) is 2.17. The van der Waals surface area contributed by atoms with Crippen molar-refractivity contribution in [2.75, 3.05) is 18.4 Å². The molecular weight excluding hydrogens is 386 g/mol. The summed E-state index contributed by atoms with van der Waals surface area (Å²) in [5, 5.41) is 10.9. The average Bonchev–Trinajstić information content (AvgIpc) is 3.15. The van der Waals surface area contributed by atoms with E-state index >= 15 is 0 Å². The number of nitrogens with zero attached hydrogens (tertiary/aromatic N) is 2. The lowest BCUT2D eigenvalue weighted by atomic mass is 10.2. The van der Waals surface area contributed by atoms with Crippen molar-refractivity contribution in [3.63, 3.8) is 0 Å². The van der Waals surface area contributed by atoms with E-state index in [-0.39, 0.29) is 18.5 Å². The molecule has 3 N–H and O–H groups in total. The summed E-state index contributed by atoms with van der Waals surface area (Å²) in [5.74, 6) is -0.227. The number of nitrogens with one attached hydrogen (secondary N) is 3. The minimum Gasteiger partial charge on any atom is -0.350 e. The molecule has 27 heavy (non-hydrogen) atoms. The van der Waals surface area contributed by atoms with Crippen LogP contribution < -0.4 is 16.0 Å². The Hall–Kier alpha value is -2.97. The van der Waals surface area contributed by atoms with Crippen molar-refractivity contribution in [2.45, 2.75) is 0 Å². The molecule has 2 aromatic heterocycles. The number of hydrogen-bond acceptors (Lipinski definition) is 5. The molecule has 0 aliphatic rings. The predicted molar refractivity (Wildman–Crippen MR) is 106 cm³/mol. The quantitative estimate of drug-likeness (QED) is 0.551. The summed E-state index contributed by atoms with van der Waals surface area (Å²) in [4.78, 5) is 32.2. The number of benzene rings is 1. The predicted octanol–water partition coefficient (Wildman–Crippen LogP) is 3.41. The van der Waals surface area contributed by atoms with Gasteiger partial charge in [-0.1, -0.05) is 11.6 Å². The van der Waals surface area contributed by atoms with E-state index in [0.29, 0.717) is 22.3 Å². The fourth-order valence-corrected chi connectivity index (χ4v) is 3.02. The Bertz CT molecular complexity index is 915. The second-order valence-corrected chi connectivity index (χ2v) is 6.72. The summed E-state index contributed by atoms with van der Waals surface area (Å²) in [6.07, 6.45) is 3.40. The minimum atomic E-state index is -0.386. The van der Waals surface area contributed by atoms with Crippen molar-refractivity contribution in [3.05, 3.63) is 64.8 Å². The highest BCUT2D eigenvalue weighted by molar-refractivity contribution is 7.14. The number of carbonyl (C=O) groups is 2. The zero-order valence-electron chi connectivity index (χ0n) is 14.1. The topological polar surface area (TPSA) is 96.0 Å². The van der Waals surface area contributed by atoms with Crippen LogP contribution in [0.15, 0.2) is 54.2 Å². The Labute approximate surface area is 164 Å². The molecule has 0 fully saturated rings. The number of carbonyl (C=O) groups excluding carboxylic acids is 2.